The summed E-state index contributed by atoms with van der Waals surface area (Å²) < 4.78 is 5.17. The van der Waals surface area contributed by atoms with Gasteiger partial charge < -0.3 is 4.74 Å². The lowest BCUT2D eigenvalue weighted by Gasteiger charge is -2.06. The van der Waals surface area contributed by atoms with E-state index in [4.69, 9.17) is 4.74 Å². The van der Waals surface area contributed by atoms with Crippen LogP contribution in [0.2, 0.25) is 0 Å². The second-order valence-corrected chi connectivity index (χ2v) is 3.15. The summed E-state index contributed by atoms with van der Waals surface area (Å²) in [5, 5.41) is 0. The molecule has 1 rings (SSSR count). The molecule has 1 aromatic carbocycles. The van der Waals surface area contributed by atoms with Crippen LogP contribution in [0.15, 0.2) is 29.3 Å². The number of methoxy groups -OCH3 is 1. The number of rotatable bonds is 4. The van der Waals surface area contributed by atoms with Gasteiger partial charge in [-0.2, -0.15) is 0 Å². The number of hydrogen-bond acceptors (Lipinski definition) is 2. The lowest BCUT2D eigenvalue weighted by molar-refractivity contribution is 0.414. The molecule has 0 amide bonds. The molecule has 0 aliphatic rings. The van der Waals surface area contributed by atoms with Crippen LogP contribution in [0.4, 0.5) is 0 Å². The smallest absolute Gasteiger partial charge is 0.119 e. The first-order valence-corrected chi connectivity index (χ1v) is 4.92. The normalized spacial score (nSPS) is 11.5. The maximum atomic E-state index is 5.17. The van der Waals surface area contributed by atoms with Gasteiger partial charge in [-0.3, -0.25) is 4.99 Å². The number of aliphatic imine (C=N–C) groups is 1. The maximum Gasteiger partial charge on any atom is 0.119 e. The van der Waals surface area contributed by atoms with Gasteiger partial charge in [0.15, 0.2) is 0 Å². The van der Waals surface area contributed by atoms with Gasteiger partial charge in [-0.05, 0) is 24.1 Å². The van der Waals surface area contributed by atoms with Crippen molar-refractivity contribution in [2.24, 2.45) is 4.99 Å². The van der Waals surface area contributed by atoms with E-state index < -0.39 is 0 Å². The molecule has 0 aliphatic heterocycles. The highest BCUT2D eigenvalue weighted by atomic mass is 16.5. The van der Waals surface area contributed by atoms with E-state index in [-0.39, 0.29) is 0 Å². The Hall–Kier alpha value is -1.31. The average Bonchev–Trinajstić information content (AvgIpc) is 2.26. The Bertz CT molecular complexity index is 318. The average molecular weight is 191 g/mol. The number of ether oxygens (including phenoxy) is 1. The molecule has 1 aromatic rings. The second-order valence-electron chi connectivity index (χ2n) is 3.15. The fourth-order valence-electron chi connectivity index (χ4n) is 1.42. The Morgan fingerprint density at radius 2 is 2.21 bits per heavy atom. The highest BCUT2D eigenvalue weighted by Crippen LogP contribution is 2.15. The molecular formula is C12H17NO. The van der Waals surface area contributed by atoms with Crippen molar-refractivity contribution in [3.05, 3.63) is 29.8 Å². The predicted molar refractivity (Wildman–Crippen MR) is 60.4 cm³/mol. The van der Waals surface area contributed by atoms with Crippen LogP contribution >= 0.6 is 0 Å². The third-order valence-electron chi connectivity index (χ3n) is 2.16. The van der Waals surface area contributed by atoms with E-state index in [2.05, 4.69) is 18.0 Å². The third-order valence-corrected chi connectivity index (χ3v) is 2.16. The van der Waals surface area contributed by atoms with Crippen LogP contribution in [0.25, 0.3) is 0 Å². The van der Waals surface area contributed by atoms with Crippen LogP contribution in [-0.2, 0) is 0 Å². The molecule has 0 aromatic heterocycles. The maximum absolute atomic E-state index is 5.17. The molecule has 14 heavy (non-hydrogen) atoms. The van der Waals surface area contributed by atoms with E-state index in [1.165, 1.54) is 0 Å². The monoisotopic (exact) mass is 191 g/mol. The molecule has 0 bridgehead atoms. The van der Waals surface area contributed by atoms with Gasteiger partial charge >= 0.3 is 0 Å². The molecule has 0 unspecified atom stereocenters. The van der Waals surface area contributed by atoms with Crippen molar-refractivity contribution in [2.75, 3.05) is 14.2 Å². The number of benzene rings is 1. The molecule has 0 heterocycles. The molecule has 0 radical (unpaired) electrons. The molecule has 2 nitrogen and oxygen atoms in total. The number of hydrogen-bond donors (Lipinski definition) is 0. The first-order valence-electron chi connectivity index (χ1n) is 4.92. The van der Waals surface area contributed by atoms with Crippen molar-refractivity contribution >= 4 is 5.71 Å². The van der Waals surface area contributed by atoms with Gasteiger partial charge in [-0.25, -0.2) is 0 Å². The zero-order valence-corrected chi connectivity index (χ0v) is 9.08. The van der Waals surface area contributed by atoms with Gasteiger partial charge in [-0.1, -0.05) is 25.5 Å². The molecule has 76 valence electrons. The number of nitrogens with zero attached hydrogens (tertiary/aromatic N) is 1. The quantitative estimate of drug-likeness (QED) is 0.670. The van der Waals surface area contributed by atoms with Crippen molar-refractivity contribution in [1.29, 1.82) is 0 Å². The largest absolute Gasteiger partial charge is 0.497 e. The third kappa shape index (κ3) is 2.59. The molecular weight excluding hydrogens is 174 g/mol. The van der Waals surface area contributed by atoms with Crippen molar-refractivity contribution in [1.82, 2.24) is 0 Å². The van der Waals surface area contributed by atoms with Crippen LogP contribution in [0.1, 0.15) is 25.3 Å². The van der Waals surface area contributed by atoms with Crippen molar-refractivity contribution in [3.63, 3.8) is 0 Å². The fraction of sp³-hybridized carbons (Fsp3) is 0.417. The first kappa shape index (κ1) is 10.8. The summed E-state index contributed by atoms with van der Waals surface area (Å²) in [5.74, 6) is 0.889. The van der Waals surface area contributed by atoms with Gasteiger partial charge in [-0.15, -0.1) is 0 Å². The van der Waals surface area contributed by atoms with Gasteiger partial charge in [0.05, 0.1) is 7.11 Å². The Balaban J connectivity index is 2.93. The molecule has 2 heteroatoms. The van der Waals surface area contributed by atoms with E-state index in [0.717, 1.165) is 29.9 Å². The summed E-state index contributed by atoms with van der Waals surface area (Å²) in [6, 6.07) is 8.04. The molecule has 0 saturated carbocycles. The molecule has 0 fully saturated rings. The van der Waals surface area contributed by atoms with Crippen LogP contribution in [-0.4, -0.2) is 19.9 Å². The Labute approximate surface area is 85.6 Å². The second kappa shape index (κ2) is 5.43. The van der Waals surface area contributed by atoms with Crippen molar-refractivity contribution in [2.45, 2.75) is 19.8 Å². The Morgan fingerprint density at radius 3 is 2.79 bits per heavy atom. The minimum absolute atomic E-state index is 0.889. The van der Waals surface area contributed by atoms with E-state index in [0.29, 0.717) is 0 Å². The lowest BCUT2D eigenvalue weighted by atomic mass is 10.1. The highest BCUT2D eigenvalue weighted by Gasteiger charge is 2.02. The zero-order valence-electron chi connectivity index (χ0n) is 9.08. The predicted octanol–water partition coefficient (Wildman–Crippen LogP) is 2.91. The summed E-state index contributed by atoms with van der Waals surface area (Å²) in [7, 11) is 3.52. The molecule has 0 aliphatic carbocycles. The first-order chi connectivity index (χ1) is 6.81. The van der Waals surface area contributed by atoms with Crippen LogP contribution in [0, 0.1) is 0 Å². The Morgan fingerprint density at radius 1 is 1.43 bits per heavy atom. The summed E-state index contributed by atoms with van der Waals surface area (Å²) in [4.78, 5) is 4.28. The van der Waals surface area contributed by atoms with Crippen molar-refractivity contribution in [3.8, 4) is 5.75 Å². The summed E-state index contributed by atoms with van der Waals surface area (Å²) >= 11 is 0. The van der Waals surface area contributed by atoms with E-state index in [1.807, 2.05) is 25.2 Å². The summed E-state index contributed by atoms with van der Waals surface area (Å²) in [6.45, 7) is 2.16. The molecule has 0 saturated heterocycles. The van der Waals surface area contributed by atoms with Crippen LogP contribution < -0.4 is 4.74 Å². The molecule has 0 spiro atoms. The summed E-state index contributed by atoms with van der Waals surface area (Å²) in [5.41, 5.74) is 2.31. The molecule has 0 atom stereocenters. The van der Waals surface area contributed by atoms with Gasteiger partial charge in [0.2, 0.25) is 0 Å². The molecule has 0 N–H and O–H groups in total. The van der Waals surface area contributed by atoms with Gasteiger partial charge in [0, 0.05) is 12.8 Å². The summed E-state index contributed by atoms with van der Waals surface area (Å²) in [6.07, 6.45) is 2.13. The Kier molecular flexibility index (Phi) is 4.17. The van der Waals surface area contributed by atoms with E-state index >= 15 is 0 Å². The highest BCUT2D eigenvalue weighted by molar-refractivity contribution is 6.00. The van der Waals surface area contributed by atoms with Crippen LogP contribution in [0.3, 0.4) is 0 Å². The van der Waals surface area contributed by atoms with E-state index in [9.17, 15) is 0 Å². The van der Waals surface area contributed by atoms with Gasteiger partial charge in [0.1, 0.15) is 5.75 Å². The minimum atomic E-state index is 0.889. The van der Waals surface area contributed by atoms with Gasteiger partial charge in [0.25, 0.3) is 0 Å². The van der Waals surface area contributed by atoms with Crippen LogP contribution in [0.5, 0.6) is 5.75 Å². The lowest BCUT2D eigenvalue weighted by Crippen LogP contribution is -2.00. The topological polar surface area (TPSA) is 21.6 Å². The fourth-order valence-corrected chi connectivity index (χ4v) is 1.42. The minimum Gasteiger partial charge on any atom is -0.497 e. The van der Waals surface area contributed by atoms with E-state index in [1.54, 1.807) is 7.11 Å². The SMILES string of the molecule is CCC/C(=N\C)c1cccc(OC)c1. The zero-order chi connectivity index (χ0) is 10.4. The standard InChI is InChI=1S/C12H17NO/c1-4-6-12(13-2)10-7-5-8-11(9-10)14-3/h5,7-9H,4,6H2,1-3H3/b13-12+. The van der Waals surface area contributed by atoms with Crippen molar-refractivity contribution < 1.29 is 4.74 Å².